The van der Waals surface area contributed by atoms with Crippen LogP contribution in [0.4, 0.5) is 0 Å². The van der Waals surface area contributed by atoms with Gasteiger partial charge in [0, 0.05) is 33.6 Å². The first kappa shape index (κ1) is 22.6. The molecule has 1 radical (unpaired) electrons. The Hall–Kier alpha value is 1.65. The van der Waals surface area contributed by atoms with Gasteiger partial charge in [-0.15, -0.1) is 0 Å². The van der Waals surface area contributed by atoms with Gasteiger partial charge >= 0.3 is 48.3 Å². The summed E-state index contributed by atoms with van der Waals surface area (Å²) < 4.78 is 31.8. The first-order valence-electron chi connectivity index (χ1n) is 0.647. The number of rotatable bonds is 0. The predicted molar refractivity (Wildman–Crippen MR) is 13.0 cm³/mol. The van der Waals surface area contributed by atoms with Gasteiger partial charge in [-0.05, 0) is 0 Å². The number of hydrogen-bond donors (Lipinski definition) is 2. The van der Waals surface area contributed by atoms with Gasteiger partial charge in [0.15, 0.2) is 0 Å². The van der Waals surface area contributed by atoms with E-state index in [1.807, 2.05) is 0 Å². The molecular formula is H3LiMn2NiO4. The van der Waals surface area contributed by atoms with Gasteiger partial charge in [-0.25, -0.2) is 0 Å². The molecule has 0 saturated heterocycles. The summed E-state index contributed by atoms with van der Waals surface area (Å²) in [5.74, 6) is 0. The molecule has 52 valence electrons. The maximum atomic E-state index is 8.80. The van der Waals surface area contributed by atoms with Crippen molar-refractivity contribution < 1.29 is 63.0 Å². The van der Waals surface area contributed by atoms with Crippen molar-refractivity contribution in [2.75, 3.05) is 0 Å². The van der Waals surface area contributed by atoms with Gasteiger partial charge in [0.05, 0.1) is 0 Å². The average molecular weight is 243 g/mol. The van der Waals surface area contributed by atoms with E-state index in [1.165, 1.54) is 0 Å². The molecule has 0 spiro atoms. The summed E-state index contributed by atoms with van der Waals surface area (Å²) in [7, 11) is 0. The van der Waals surface area contributed by atoms with E-state index in [0.29, 0.717) is 0 Å². The summed E-state index contributed by atoms with van der Waals surface area (Å²) in [4.78, 5) is 0. The molecule has 0 bridgehead atoms. The molecule has 0 fully saturated rings. The topological polar surface area (TPSA) is 74.6 Å². The molecule has 8 heteroatoms. The van der Waals surface area contributed by atoms with Gasteiger partial charge in [0.25, 0.3) is 0 Å². The van der Waals surface area contributed by atoms with E-state index in [1.54, 1.807) is 0 Å². The van der Waals surface area contributed by atoms with Crippen LogP contribution in [0.1, 0.15) is 0 Å². The third-order valence-corrected chi connectivity index (χ3v) is 0. The molecule has 0 aliphatic carbocycles. The van der Waals surface area contributed by atoms with Crippen LogP contribution < -0.4 is 0 Å². The van der Waals surface area contributed by atoms with Crippen molar-refractivity contribution in [3.8, 4) is 0 Å². The van der Waals surface area contributed by atoms with E-state index >= 15 is 0 Å². The normalized spacial score (nSPS) is 7.25. The minimum absolute atomic E-state index is 0. The Morgan fingerprint density at radius 3 is 1.12 bits per heavy atom. The summed E-state index contributed by atoms with van der Waals surface area (Å²) in [5.41, 5.74) is 0. The van der Waals surface area contributed by atoms with Crippen LogP contribution in [0, 0.1) is 0 Å². The zero-order valence-electron chi connectivity index (χ0n) is 2.78. The van der Waals surface area contributed by atoms with Crippen molar-refractivity contribution in [3.05, 3.63) is 0 Å². The van der Waals surface area contributed by atoms with Gasteiger partial charge in [-0.1, -0.05) is 0 Å². The second kappa shape index (κ2) is 8.65. The summed E-state index contributed by atoms with van der Waals surface area (Å²) in [6.45, 7) is 0. The summed E-state index contributed by atoms with van der Waals surface area (Å²) in [5, 5.41) is 0. The Bertz CT molecular complexity index is 97.2. The molecule has 0 amide bonds. The van der Waals surface area contributed by atoms with Gasteiger partial charge in [0.1, 0.15) is 0 Å². The van der Waals surface area contributed by atoms with Crippen LogP contribution >= 0.6 is 0 Å². The zero-order chi connectivity index (χ0) is 4.50. The quantitative estimate of drug-likeness (QED) is 0.482. The third kappa shape index (κ3) is 124. The summed E-state index contributed by atoms with van der Waals surface area (Å²) in [6, 6.07) is 0. The van der Waals surface area contributed by atoms with E-state index in [0.717, 1.165) is 0 Å². The third-order valence-electron chi connectivity index (χ3n) is 0. The molecule has 0 atom stereocenters. The van der Waals surface area contributed by atoms with E-state index in [9.17, 15) is 0 Å². The second-order valence-corrected chi connectivity index (χ2v) is 1.71. The SMILES string of the molecule is [LiH].[Mn].[Ni].[O]=[Mn](=[O])([OH])[OH]. The van der Waals surface area contributed by atoms with Crippen molar-refractivity contribution in [2.45, 2.75) is 0 Å². The molecule has 8 heavy (non-hydrogen) atoms. The van der Waals surface area contributed by atoms with Gasteiger partial charge in [0.2, 0.25) is 0 Å². The monoisotopic (exact) mass is 242 g/mol. The Balaban J connectivity index is -0.0000000267. The molecule has 0 aliphatic rings. The van der Waals surface area contributed by atoms with Crippen LogP contribution in [0.15, 0.2) is 0 Å². The molecular weight excluding hydrogens is 240 g/mol. The molecule has 0 saturated carbocycles. The van der Waals surface area contributed by atoms with Gasteiger partial charge in [-0.3, -0.25) is 0 Å². The predicted octanol–water partition coefficient (Wildman–Crippen LogP) is -2.01. The Kier molecular flexibility index (Phi) is 24.5. The summed E-state index contributed by atoms with van der Waals surface area (Å²) in [6.07, 6.45) is 0. The standard InChI is InChI=1S/Li.2Mn.Ni.2H2O.2O.H/h;;;;2*1H2;;;/q;;+2;;;;;;/p-2. The minimum atomic E-state index is -5.12. The molecule has 2 N–H and O–H groups in total. The molecule has 0 heterocycles. The van der Waals surface area contributed by atoms with Crippen LogP contribution in [0.25, 0.3) is 0 Å². The fourth-order valence-corrected chi connectivity index (χ4v) is 0. The Labute approximate surface area is 81.3 Å². The number of hydrogen-bond acceptors (Lipinski definition) is 2. The van der Waals surface area contributed by atoms with Crippen molar-refractivity contribution in [1.29, 1.82) is 0 Å². The average Bonchev–Trinajstić information content (AvgIpc) is 0.722. The van der Waals surface area contributed by atoms with Crippen LogP contribution in [0.3, 0.4) is 0 Å². The van der Waals surface area contributed by atoms with Crippen molar-refractivity contribution in [3.63, 3.8) is 0 Å². The van der Waals surface area contributed by atoms with Crippen LogP contribution in [-0.2, 0) is 54.6 Å². The Morgan fingerprint density at radius 2 is 1.12 bits per heavy atom. The first-order chi connectivity index (χ1) is 2.00. The summed E-state index contributed by atoms with van der Waals surface area (Å²) >= 11 is -5.12. The van der Waals surface area contributed by atoms with E-state index < -0.39 is 13.4 Å². The van der Waals surface area contributed by atoms with Crippen molar-refractivity contribution in [2.24, 2.45) is 0 Å². The maximum absolute atomic E-state index is 8.80. The Morgan fingerprint density at radius 1 is 1.12 bits per heavy atom. The molecule has 4 nitrogen and oxygen atoms in total. The first-order valence-corrected chi connectivity index (χ1v) is 2.67. The van der Waals surface area contributed by atoms with Crippen LogP contribution in [-0.4, -0.2) is 27.2 Å². The molecule has 0 aromatic rings. The van der Waals surface area contributed by atoms with E-state index in [-0.39, 0.29) is 52.4 Å². The van der Waals surface area contributed by atoms with Crippen molar-refractivity contribution in [1.82, 2.24) is 0 Å². The molecule has 0 unspecified atom stereocenters. The van der Waals surface area contributed by atoms with Crippen LogP contribution in [0.2, 0.25) is 0 Å². The van der Waals surface area contributed by atoms with E-state index in [2.05, 4.69) is 0 Å². The van der Waals surface area contributed by atoms with Crippen molar-refractivity contribution >= 4 is 18.9 Å². The van der Waals surface area contributed by atoms with Crippen LogP contribution in [0.5, 0.6) is 0 Å². The fourth-order valence-electron chi connectivity index (χ4n) is 0. The second-order valence-electron chi connectivity index (χ2n) is 0.415. The molecule has 0 rings (SSSR count). The van der Waals surface area contributed by atoms with Gasteiger partial charge < -0.3 is 0 Å². The molecule has 0 aliphatic heterocycles. The fraction of sp³-hybridized carbons (Fsp3) is 0. The molecule has 0 aromatic heterocycles. The van der Waals surface area contributed by atoms with Gasteiger partial charge in [-0.2, -0.15) is 0 Å². The molecule has 0 aromatic carbocycles. The zero-order valence-corrected chi connectivity index (χ0v) is 6.13. The van der Waals surface area contributed by atoms with E-state index in [4.69, 9.17) is 16.0 Å².